The number of thioether (sulfide) groups is 1. The molecule has 0 saturated heterocycles. The summed E-state index contributed by atoms with van der Waals surface area (Å²) in [4.78, 5) is -0.387. The molecule has 0 spiro atoms. The first kappa shape index (κ1) is 11.9. The predicted molar refractivity (Wildman–Crippen MR) is 48.3 cm³/mol. The SMILES string of the molecule is Fc1cc(Cl)c(SC(F)(F)F)c(Cl)c1. The normalized spacial score (nSPS) is 11.9. The summed E-state index contributed by atoms with van der Waals surface area (Å²) in [5.41, 5.74) is -4.49. The van der Waals surface area contributed by atoms with Crippen LogP contribution in [0, 0.1) is 5.82 Å². The predicted octanol–water partition coefficient (Wildman–Crippen LogP) is 4.74. The molecule has 1 rings (SSSR count). The van der Waals surface area contributed by atoms with E-state index in [0.29, 0.717) is 0 Å². The monoisotopic (exact) mass is 264 g/mol. The lowest BCUT2D eigenvalue weighted by molar-refractivity contribution is -0.0328. The largest absolute Gasteiger partial charge is 0.446 e. The summed E-state index contributed by atoms with van der Waals surface area (Å²) in [6.45, 7) is 0. The quantitative estimate of drug-likeness (QED) is 0.521. The molecule has 0 fully saturated rings. The van der Waals surface area contributed by atoms with Crippen molar-refractivity contribution in [3.8, 4) is 0 Å². The molecule has 0 aromatic heterocycles. The number of halogens is 6. The van der Waals surface area contributed by atoms with Crippen molar-refractivity contribution in [1.29, 1.82) is 0 Å². The van der Waals surface area contributed by atoms with Gasteiger partial charge in [0, 0.05) is 0 Å². The average molecular weight is 265 g/mol. The molecule has 0 N–H and O–H groups in total. The third-order valence-electron chi connectivity index (χ3n) is 1.18. The van der Waals surface area contributed by atoms with E-state index in [9.17, 15) is 17.6 Å². The Kier molecular flexibility index (Phi) is 3.55. The molecule has 1 aromatic carbocycles. The van der Waals surface area contributed by atoms with Crippen LogP contribution in [0.25, 0.3) is 0 Å². The Balaban J connectivity index is 3.09. The number of hydrogen-bond donors (Lipinski definition) is 0. The summed E-state index contributed by atoms with van der Waals surface area (Å²) in [6.07, 6.45) is 0. The van der Waals surface area contributed by atoms with Gasteiger partial charge in [-0.3, -0.25) is 0 Å². The van der Waals surface area contributed by atoms with Gasteiger partial charge in [-0.1, -0.05) is 23.2 Å². The second-order valence-corrected chi connectivity index (χ2v) is 4.14. The molecule has 14 heavy (non-hydrogen) atoms. The van der Waals surface area contributed by atoms with Gasteiger partial charge in [-0.2, -0.15) is 13.2 Å². The van der Waals surface area contributed by atoms with Crippen LogP contribution in [0.4, 0.5) is 17.6 Å². The lowest BCUT2D eigenvalue weighted by Crippen LogP contribution is -2.00. The lowest BCUT2D eigenvalue weighted by atomic mass is 10.3. The molecule has 0 bridgehead atoms. The minimum Gasteiger partial charge on any atom is -0.207 e. The fourth-order valence-corrected chi connectivity index (χ4v) is 1.98. The highest BCUT2D eigenvalue weighted by molar-refractivity contribution is 8.00. The van der Waals surface area contributed by atoms with Gasteiger partial charge in [0.05, 0.1) is 14.9 Å². The van der Waals surface area contributed by atoms with Crippen molar-refractivity contribution in [3.63, 3.8) is 0 Å². The minimum atomic E-state index is -4.49. The fraction of sp³-hybridized carbons (Fsp3) is 0.143. The Hall–Kier alpha value is -0.130. The standard InChI is InChI=1S/C7H2Cl2F4S/c8-4-1-3(10)2-5(9)6(4)14-7(11,12)13/h1-2H. The minimum absolute atomic E-state index is 0.350. The highest BCUT2D eigenvalue weighted by Crippen LogP contribution is 2.44. The average Bonchev–Trinajstić information content (AvgIpc) is 1.95. The fourth-order valence-electron chi connectivity index (χ4n) is 0.742. The van der Waals surface area contributed by atoms with Gasteiger partial charge in [-0.15, -0.1) is 0 Å². The van der Waals surface area contributed by atoms with Crippen LogP contribution in [0.3, 0.4) is 0 Å². The Bertz CT molecular complexity index is 327. The van der Waals surface area contributed by atoms with Crippen LogP contribution < -0.4 is 0 Å². The molecule has 0 heterocycles. The first-order valence-electron chi connectivity index (χ1n) is 3.20. The summed E-state index contributed by atoms with van der Waals surface area (Å²) in [5, 5.41) is -0.699. The van der Waals surface area contributed by atoms with Crippen molar-refractivity contribution >= 4 is 35.0 Å². The third kappa shape index (κ3) is 3.22. The topological polar surface area (TPSA) is 0 Å². The van der Waals surface area contributed by atoms with Crippen molar-refractivity contribution in [1.82, 2.24) is 0 Å². The second-order valence-electron chi connectivity index (χ2n) is 2.25. The zero-order chi connectivity index (χ0) is 10.9. The summed E-state index contributed by atoms with van der Waals surface area (Å²) < 4.78 is 48.4. The van der Waals surface area contributed by atoms with Gasteiger partial charge in [0.25, 0.3) is 0 Å². The summed E-state index contributed by atoms with van der Waals surface area (Å²) in [6, 6.07) is 1.56. The van der Waals surface area contributed by atoms with Crippen molar-refractivity contribution in [2.45, 2.75) is 10.4 Å². The van der Waals surface area contributed by atoms with E-state index in [1.54, 1.807) is 0 Å². The molecular weight excluding hydrogens is 263 g/mol. The maximum absolute atomic E-state index is 12.6. The lowest BCUT2D eigenvalue weighted by Gasteiger charge is -2.08. The first-order chi connectivity index (χ1) is 6.29. The summed E-state index contributed by atoms with van der Waals surface area (Å²) in [5.74, 6) is -0.772. The molecule has 0 atom stereocenters. The summed E-state index contributed by atoms with van der Waals surface area (Å²) >= 11 is 10.3. The van der Waals surface area contributed by atoms with Crippen LogP contribution in [0.5, 0.6) is 0 Å². The highest BCUT2D eigenvalue weighted by atomic mass is 35.5. The number of alkyl halides is 3. The molecule has 0 aliphatic heterocycles. The van der Waals surface area contributed by atoms with Crippen LogP contribution in [0.15, 0.2) is 17.0 Å². The van der Waals surface area contributed by atoms with Gasteiger partial charge in [-0.25, -0.2) is 4.39 Å². The number of rotatable bonds is 1. The van der Waals surface area contributed by atoms with E-state index in [2.05, 4.69) is 0 Å². The van der Waals surface area contributed by atoms with Crippen LogP contribution in [-0.4, -0.2) is 5.51 Å². The van der Waals surface area contributed by atoms with Crippen molar-refractivity contribution in [2.75, 3.05) is 0 Å². The number of hydrogen-bond acceptors (Lipinski definition) is 1. The van der Waals surface area contributed by atoms with E-state index < -0.39 is 23.1 Å². The van der Waals surface area contributed by atoms with Gasteiger partial charge in [0.1, 0.15) is 5.82 Å². The summed E-state index contributed by atoms with van der Waals surface area (Å²) in [7, 11) is 0. The third-order valence-corrected chi connectivity index (χ3v) is 2.88. The van der Waals surface area contributed by atoms with E-state index in [0.717, 1.165) is 12.1 Å². The molecule has 0 radical (unpaired) electrons. The molecule has 0 aliphatic carbocycles. The van der Waals surface area contributed by atoms with Gasteiger partial charge in [0.15, 0.2) is 0 Å². The van der Waals surface area contributed by atoms with E-state index in [1.165, 1.54) is 0 Å². The van der Waals surface area contributed by atoms with Crippen molar-refractivity contribution < 1.29 is 17.6 Å². The zero-order valence-corrected chi connectivity index (χ0v) is 8.66. The number of benzene rings is 1. The van der Waals surface area contributed by atoms with Crippen LogP contribution in [0.2, 0.25) is 10.0 Å². The van der Waals surface area contributed by atoms with Crippen LogP contribution >= 0.6 is 35.0 Å². The molecule has 0 unspecified atom stereocenters. The Labute approximate surface area is 91.2 Å². The molecule has 0 nitrogen and oxygen atoms in total. The Morgan fingerprint density at radius 2 is 1.50 bits per heavy atom. The van der Waals surface area contributed by atoms with Gasteiger partial charge < -0.3 is 0 Å². The van der Waals surface area contributed by atoms with E-state index >= 15 is 0 Å². The molecule has 78 valence electrons. The highest BCUT2D eigenvalue weighted by Gasteiger charge is 2.31. The van der Waals surface area contributed by atoms with Crippen molar-refractivity contribution in [3.05, 3.63) is 28.0 Å². The smallest absolute Gasteiger partial charge is 0.207 e. The van der Waals surface area contributed by atoms with E-state index in [-0.39, 0.29) is 14.9 Å². The first-order valence-corrected chi connectivity index (χ1v) is 4.77. The molecule has 0 saturated carbocycles. The molecule has 1 aromatic rings. The van der Waals surface area contributed by atoms with Crippen molar-refractivity contribution in [2.24, 2.45) is 0 Å². The Morgan fingerprint density at radius 3 is 1.86 bits per heavy atom. The molecule has 0 aliphatic rings. The van der Waals surface area contributed by atoms with Crippen LogP contribution in [-0.2, 0) is 0 Å². The molecule has 7 heteroatoms. The van der Waals surface area contributed by atoms with Crippen LogP contribution in [0.1, 0.15) is 0 Å². The van der Waals surface area contributed by atoms with Gasteiger partial charge >= 0.3 is 5.51 Å². The second kappa shape index (κ2) is 4.16. The molecule has 0 amide bonds. The zero-order valence-electron chi connectivity index (χ0n) is 6.33. The van der Waals surface area contributed by atoms with Gasteiger partial charge in [-0.05, 0) is 23.9 Å². The maximum atomic E-state index is 12.6. The molecular formula is C7H2Cl2F4S. The van der Waals surface area contributed by atoms with E-state index in [4.69, 9.17) is 23.2 Å². The van der Waals surface area contributed by atoms with Gasteiger partial charge in [0.2, 0.25) is 0 Å². The Morgan fingerprint density at radius 1 is 1.07 bits per heavy atom. The maximum Gasteiger partial charge on any atom is 0.446 e. The van der Waals surface area contributed by atoms with E-state index in [1.807, 2.05) is 0 Å².